The number of nitrogens with one attached hydrogen (secondary N) is 1. The zero-order chi connectivity index (χ0) is 17.6. The van der Waals surface area contributed by atoms with Gasteiger partial charge in [-0.15, -0.1) is 0 Å². The van der Waals surface area contributed by atoms with Gasteiger partial charge < -0.3 is 20.7 Å². The highest BCUT2D eigenvalue weighted by Crippen LogP contribution is 2.32. The molecule has 0 saturated carbocycles. The summed E-state index contributed by atoms with van der Waals surface area (Å²) in [7, 11) is 0. The maximum absolute atomic E-state index is 12.6. The van der Waals surface area contributed by atoms with Crippen LogP contribution >= 0.6 is 0 Å². The van der Waals surface area contributed by atoms with Crippen LogP contribution in [0.1, 0.15) is 24.4 Å². The van der Waals surface area contributed by atoms with E-state index < -0.39 is 5.91 Å². The number of hydrogen-bond acceptors (Lipinski definition) is 3. The highest BCUT2D eigenvalue weighted by Gasteiger charge is 2.29. The Bertz CT molecular complexity index is 731. The molecule has 25 heavy (non-hydrogen) atoms. The minimum absolute atomic E-state index is 0.111. The highest BCUT2D eigenvalue weighted by atomic mass is 16.5. The number of carbonyl (C=O) groups excluding carboxylic acids is 2. The van der Waals surface area contributed by atoms with Crippen molar-refractivity contribution >= 4 is 17.6 Å². The maximum atomic E-state index is 12.6. The van der Waals surface area contributed by atoms with E-state index in [1.807, 2.05) is 23.1 Å². The summed E-state index contributed by atoms with van der Waals surface area (Å²) in [6, 6.07) is 16.9. The minimum atomic E-state index is -0.529. The number of nitrogens with two attached hydrogens (primary N) is 1. The molecule has 1 fully saturated rings. The van der Waals surface area contributed by atoms with Gasteiger partial charge in [0.05, 0.1) is 6.04 Å². The zero-order valence-electron chi connectivity index (χ0n) is 13.9. The fourth-order valence-corrected chi connectivity index (χ4v) is 3.02. The standard InChI is InChI=1S/C19H21N3O3/c20-18(23)13-25-16-10-8-15(9-11-16)21-19(24)22-12-4-7-17(22)14-5-2-1-3-6-14/h1-3,5-6,8-11,17H,4,7,12-13H2,(H2,20,23)(H,21,24). The van der Waals surface area contributed by atoms with Crippen LogP contribution in [0, 0.1) is 0 Å². The van der Waals surface area contributed by atoms with Crippen molar-refractivity contribution in [2.45, 2.75) is 18.9 Å². The molecular formula is C19H21N3O3. The number of benzene rings is 2. The Labute approximate surface area is 146 Å². The summed E-state index contributed by atoms with van der Waals surface area (Å²) in [5.74, 6) is -0.00139. The fraction of sp³-hybridized carbons (Fsp3) is 0.263. The van der Waals surface area contributed by atoms with Gasteiger partial charge in [-0.05, 0) is 42.7 Å². The lowest BCUT2D eigenvalue weighted by molar-refractivity contribution is -0.119. The van der Waals surface area contributed by atoms with Crippen molar-refractivity contribution in [3.63, 3.8) is 0 Å². The van der Waals surface area contributed by atoms with Crippen molar-refractivity contribution in [3.05, 3.63) is 60.2 Å². The molecule has 6 nitrogen and oxygen atoms in total. The number of nitrogens with zero attached hydrogens (tertiary/aromatic N) is 1. The normalized spacial score (nSPS) is 16.5. The quantitative estimate of drug-likeness (QED) is 0.878. The Morgan fingerprint density at radius 1 is 1.12 bits per heavy atom. The summed E-state index contributed by atoms with van der Waals surface area (Å²) in [6.07, 6.45) is 1.96. The van der Waals surface area contributed by atoms with Gasteiger partial charge in [-0.25, -0.2) is 4.79 Å². The molecule has 0 aliphatic carbocycles. The molecule has 1 atom stereocenters. The zero-order valence-corrected chi connectivity index (χ0v) is 13.9. The number of ether oxygens (including phenoxy) is 1. The van der Waals surface area contributed by atoms with Crippen LogP contribution < -0.4 is 15.8 Å². The second kappa shape index (κ2) is 7.70. The number of carbonyl (C=O) groups is 2. The SMILES string of the molecule is NC(=O)COc1ccc(NC(=O)N2CCCC2c2ccccc2)cc1. The van der Waals surface area contributed by atoms with Crippen molar-refractivity contribution in [2.75, 3.05) is 18.5 Å². The second-order valence-electron chi connectivity index (χ2n) is 5.97. The summed E-state index contributed by atoms with van der Waals surface area (Å²) < 4.78 is 5.20. The lowest BCUT2D eigenvalue weighted by Crippen LogP contribution is -2.34. The molecule has 0 radical (unpaired) electrons. The highest BCUT2D eigenvalue weighted by molar-refractivity contribution is 5.89. The van der Waals surface area contributed by atoms with Gasteiger partial charge in [0.1, 0.15) is 5.75 Å². The number of primary amides is 1. The summed E-state index contributed by atoms with van der Waals surface area (Å²) >= 11 is 0. The van der Waals surface area contributed by atoms with Crippen LogP contribution in [-0.2, 0) is 4.79 Å². The predicted molar refractivity (Wildman–Crippen MR) is 95.3 cm³/mol. The number of urea groups is 1. The van der Waals surface area contributed by atoms with E-state index in [9.17, 15) is 9.59 Å². The van der Waals surface area contributed by atoms with E-state index in [0.29, 0.717) is 11.4 Å². The molecule has 3 N–H and O–H groups in total. The summed E-state index contributed by atoms with van der Waals surface area (Å²) in [6.45, 7) is 0.573. The first kappa shape index (κ1) is 16.8. The molecule has 3 rings (SSSR count). The lowest BCUT2D eigenvalue weighted by Gasteiger charge is -2.25. The van der Waals surface area contributed by atoms with Crippen LogP contribution in [0.3, 0.4) is 0 Å². The topological polar surface area (TPSA) is 84.7 Å². The van der Waals surface area contributed by atoms with Gasteiger partial charge in [0, 0.05) is 12.2 Å². The Hall–Kier alpha value is -3.02. The van der Waals surface area contributed by atoms with Crippen molar-refractivity contribution in [2.24, 2.45) is 5.73 Å². The number of anilines is 1. The largest absolute Gasteiger partial charge is 0.484 e. The van der Waals surface area contributed by atoms with E-state index in [0.717, 1.165) is 24.9 Å². The predicted octanol–water partition coefficient (Wildman–Crippen LogP) is 2.92. The van der Waals surface area contributed by atoms with Crippen molar-refractivity contribution in [1.82, 2.24) is 4.90 Å². The fourth-order valence-electron chi connectivity index (χ4n) is 3.02. The average molecular weight is 339 g/mol. The second-order valence-corrected chi connectivity index (χ2v) is 5.97. The molecule has 1 unspecified atom stereocenters. The van der Waals surface area contributed by atoms with Crippen molar-refractivity contribution in [3.8, 4) is 5.75 Å². The molecule has 1 aliphatic rings. The Kier molecular flexibility index (Phi) is 5.18. The van der Waals surface area contributed by atoms with Gasteiger partial charge in [0.25, 0.3) is 5.91 Å². The molecule has 2 aromatic rings. The van der Waals surface area contributed by atoms with E-state index in [1.54, 1.807) is 24.3 Å². The third-order valence-corrected chi connectivity index (χ3v) is 4.18. The molecule has 0 bridgehead atoms. The summed E-state index contributed by atoms with van der Waals surface area (Å²) in [5.41, 5.74) is 6.87. The molecule has 1 saturated heterocycles. The van der Waals surface area contributed by atoms with Crippen LogP contribution in [0.25, 0.3) is 0 Å². The lowest BCUT2D eigenvalue weighted by atomic mass is 10.1. The first-order valence-corrected chi connectivity index (χ1v) is 8.27. The summed E-state index contributed by atoms with van der Waals surface area (Å²) in [5, 5.41) is 2.92. The van der Waals surface area contributed by atoms with Gasteiger partial charge in [-0.2, -0.15) is 0 Å². The smallest absolute Gasteiger partial charge is 0.322 e. The van der Waals surface area contributed by atoms with Crippen LogP contribution in [0.2, 0.25) is 0 Å². The van der Waals surface area contributed by atoms with Crippen LogP contribution in [0.4, 0.5) is 10.5 Å². The molecule has 0 aromatic heterocycles. The monoisotopic (exact) mass is 339 g/mol. The first-order chi connectivity index (χ1) is 12.1. The van der Waals surface area contributed by atoms with Crippen molar-refractivity contribution < 1.29 is 14.3 Å². The molecule has 2 aromatic carbocycles. The maximum Gasteiger partial charge on any atom is 0.322 e. The molecule has 1 aliphatic heterocycles. The van der Waals surface area contributed by atoms with Crippen molar-refractivity contribution in [1.29, 1.82) is 0 Å². The van der Waals surface area contributed by atoms with Crippen LogP contribution in [0.5, 0.6) is 5.75 Å². The van der Waals surface area contributed by atoms with Gasteiger partial charge >= 0.3 is 6.03 Å². The van der Waals surface area contributed by atoms with Crippen LogP contribution in [0.15, 0.2) is 54.6 Å². The Morgan fingerprint density at radius 3 is 2.52 bits per heavy atom. The van der Waals surface area contributed by atoms with Gasteiger partial charge in [0.2, 0.25) is 0 Å². The molecular weight excluding hydrogens is 318 g/mol. The van der Waals surface area contributed by atoms with E-state index in [-0.39, 0.29) is 18.7 Å². The number of amides is 3. The minimum Gasteiger partial charge on any atom is -0.484 e. The number of rotatable bonds is 5. The molecule has 130 valence electrons. The van der Waals surface area contributed by atoms with E-state index in [2.05, 4.69) is 17.4 Å². The molecule has 0 spiro atoms. The van der Waals surface area contributed by atoms with Crippen LogP contribution in [-0.4, -0.2) is 30.0 Å². The molecule has 1 heterocycles. The van der Waals surface area contributed by atoms with Gasteiger partial charge in [-0.3, -0.25) is 4.79 Å². The van der Waals surface area contributed by atoms with E-state index >= 15 is 0 Å². The molecule has 3 amide bonds. The van der Waals surface area contributed by atoms with E-state index in [4.69, 9.17) is 10.5 Å². The third-order valence-electron chi connectivity index (χ3n) is 4.18. The molecule has 6 heteroatoms. The number of likely N-dealkylation sites (tertiary alicyclic amines) is 1. The van der Waals surface area contributed by atoms with E-state index in [1.165, 1.54) is 0 Å². The average Bonchev–Trinajstić information content (AvgIpc) is 3.12. The Morgan fingerprint density at radius 2 is 1.84 bits per heavy atom. The number of hydrogen-bond donors (Lipinski definition) is 2. The van der Waals surface area contributed by atoms with Gasteiger partial charge in [-0.1, -0.05) is 30.3 Å². The first-order valence-electron chi connectivity index (χ1n) is 8.27. The Balaban J connectivity index is 1.62. The summed E-state index contributed by atoms with van der Waals surface area (Å²) in [4.78, 5) is 25.2. The van der Waals surface area contributed by atoms with Gasteiger partial charge in [0.15, 0.2) is 6.61 Å². The third kappa shape index (κ3) is 4.29.